The van der Waals surface area contributed by atoms with Gasteiger partial charge in [0.2, 0.25) is 0 Å². The molecule has 0 radical (unpaired) electrons. The van der Waals surface area contributed by atoms with Crippen LogP contribution < -0.4 is 4.84 Å². The quantitative estimate of drug-likeness (QED) is 0.518. The minimum Gasteiger partial charge on any atom is -0.391 e. The van der Waals surface area contributed by atoms with E-state index < -0.39 is 0 Å². The summed E-state index contributed by atoms with van der Waals surface area (Å²) in [6, 6.07) is 9.17. The fourth-order valence-electron chi connectivity index (χ4n) is 0.613. The number of hydrogen-bond donors (Lipinski definition) is 1. The Hall–Kier alpha value is -1.35. The first kappa shape index (κ1) is 7.75. The van der Waals surface area contributed by atoms with Crippen LogP contribution in [0.15, 0.2) is 35.5 Å². The maximum absolute atomic E-state index is 8.31. The van der Waals surface area contributed by atoms with Crippen LogP contribution in [0.3, 0.4) is 0 Å². The molecule has 0 saturated carbocycles. The first-order valence-electron chi connectivity index (χ1n) is 3.28. The monoisotopic (exact) mass is 151 g/mol. The van der Waals surface area contributed by atoms with Crippen molar-refractivity contribution in [1.29, 1.82) is 0 Å². The topological polar surface area (TPSA) is 41.8 Å². The molecule has 0 fully saturated rings. The molecule has 0 atom stereocenters. The van der Waals surface area contributed by atoms with Crippen LogP contribution in [0.25, 0.3) is 0 Å². The summed E-state index contributed by atoms with van der Waals surface area (Å²) in [5.41, 5.74) is 0. The lowest BCUT2D eigenvalue weighted by Crippen LogP contribution is -1.87. The highest BCUT2D eigenvalue weighted by atomic mass is 16.6. The summed E-state index contributed by atoms with van der Waals surface area (Å²) in [6.45, 7) is -0.104. The Balaban J connectivity index is 2.45. The van der Waals surface area contributed by atoms with Gasteiger partial charge in [0.25, 0.3) is 0 Å². The number of aliphatic hydroxyl groups excluding tert-OH is 1. The molecular weight excluding hydrogens is 142 g/mol. The molecule has 0 spiro atoms. The number of rotatable bonds is 3. The number of aliphatic hydroxyl groups is 1. The average molecular weight is 151 g/mol. The molecule has 0 unspecified atom stereocenters. The highest BCUT2D eigenvalue weighted by Gasteiger charge is 1.85. The normalized spacial score (nSPS) is 10.3. The zero-order valence-corrected chi connectivity index (χ0v) is 5.97. The molecule has 1 rings (SSSR count). The second-order valence-corrected chi connectivity index (χ2v) is 1.87. The lowest BCUT2D eigenvalue weighted by molar-refractivity contribution is 0.325. The SMILES string of the molecule is OCC=NOc1ccccc1. The molecule has 0 heterocycles. The van der Waals surface area contributed by atoms with E-state index in [0.717, 1.165) is 0 Å². The molecule has 0 aliphatic rings. The third-order valence-electron chi connectivity index (χ3n) is 1.06. The van der Waals surface area contributed by atoms with Gasteiger partial charge >= 0.3 is 0 Å². The molecule has 0 amide bonds. The van der Waals surface area contributed by atoms with Gasteiger partial charge in [-0.1, -0.05) is 23.4 Å². The van der Waals surface area contributed by atoms with E-state index in [9.17, 15) is 0 Å². The third kappa shape index (κ3) is 2.82. The van der Waals surface area contributed by atoms with Crippen LogP contribution in [0.1, 0.15) is 0 Å². The zero-order valence-electron chi connectivity index (χ0n) is 5.97. The molecule has 58 valence electrons. The first-order valence-corrected chi connectivity index (χ1v) is 3.28. The van der Waals surface area contributed by atoms with Gasteiger partial charge in [-0.25, -0.2) is 0 Å². The molecule has 11 heavy (non-hydrogen) atoms. The van der Waals surface area contributed by atoms with Crippen LogP contribution in [0.2, 0.25) is 0 Å². The highest BCUT2D eigenvalue weighted by molar-refractivity contribution is 5.57. The summed E-state index contributed by atoms with van der Waals surface area (Å²) in [5.74, 6) is 0.664. The van der Waals surface area contributed by atoms with Gasteiger partial charge in [0.15, 0.2) is 5.75 Å². The van der Waals surface area contributed by atoms with Gasteiger partial charge in [0, 0.05) is 0 Å². The molecule has 3 heteroatoms. The van der Waals surface area contributed by atoms with Crippen LogP contribution in [0.4, 0.5) is 0 Å². The minimum absolute atomic E-state index is 0.104. The highest BCUT2D eigenvalue weighted by Crippen LogP contribution is 2.07. The molecule has 1 aromatic rings. The van der Waals surface area contributed by atoms with Crippen molar-refractivity contribution in [3.8, 4) is 5.75 Å². The van der Waals surface area contributed by atoms with E-state index in [1.807, 2.05) is 18.2 Å². The second-order valence-electron chi connectivity index (χ2n) is 1.87. The lowest BCUT2D eigenvalue weighted by atomic mass is 10.3. The summed E-state index contributed by atoms with van der Waals surface area (Å²) in [7, 11) is 0. The Morgan fingerprint density at radius 3 is 2.73 bits per heavy atom. The van der Waals surface area contributed by atoms with E-state index in [1.165, 1.54) is 6.21 Å². The van der Waals surface area contributed by atoms with Crippen LogP contribution in [-0.4, -0.2) is 17.9 Å². The van der Waals surface area contributed by atoms with Gasteiger partial charge in [-0.05, 0) is 12.1 Å². The number of benzene rings is 1. The van der Waals surface area contributed by atoms with E-state index in [2.05, 4.69) is 5.16 Å². The van der Waals surface area contributed by atoms with E-state index in [0.29, 0.717) is 5.75 Å². The molecule has 1 aromatic carbocycles. The van der Waals surface area contributed by atoms with Crippen molar-refractivity contribution < 1.29 is 9.94 Å². The number of nitrogens with zero attached hydrogens (tertiary/aromatic N) is 1. The standard InChI is InChI=1S/C8H9NO2/c10-7-6-9-11-8-4-2-1-3-5-8/h1-6,10H,7H2. The number of oxime groups is 1. The fourth-order valence-corrected chi connectivity index (χ4v) is 0.613. The van der Waals surface area contributed by atoms with Crippen LogP contribution in [0.5, 0.6) is 5.75 Å². The average Bonchev–Trinajstić information content (AvgIpc) is 2.07. The summed E-state index contributed by atoms with van der Waals surface area (Å²) in [6.07, 6.45) is 1.28. The molecule has 0 saturated heterocycles. The summed E-state index contributed by atoms with van der Waals surface area (Å²) in [4.78, 5) is 4.86. The smallest absolute Gasteiger partial charge is 0.157 e. The second kappa shape index (κ2) is 4.46. The van der Waals surface area contributed by atoms with E-state index >= 15 is 0 Å². The first-order chi connectivity index (χ1) is 5.43. The van der Waals surface area contributed by atoms with Gasteiger partial charge in [-0.3, -0.25) is 0 Å². The molecule has 0 aliphatic heterocycles. The lowest BCUT2D eigenvalue weighted by Gasteiger charge is -1.94. The Bertz CT molecular complexity index is 221. The summed E-state index contributed by atoms with van der Waals surface area (Å²) >= 11 is 0. The van der Waals surface area contributed by atoms with E-state index in [1.54, 1.807) is 12.1 Å². The van der Waals surface area contributed by atoms with Crippen molar-refractivity contribution in [3.63, 3.8) is 0 Å². The van der Waals surface area contributed by atoms with Gasteiger partial charge in [0.1, 0.15) is 0 Å². The van der Waals surface area contributed by atoms with Crippen molar-refractivity contribution in [1.82, 2.24) is 0 Å². The van der Waals surface area contributed by atoms with Crippen molar-refractivity contribution in [2.45, 2.75) is 0 Å². The Morgan fingerprint density at radius 2 is 2.09 bits per heavy atom. The number of para-hydroxylation sites is 1. The predicted molar refractivity (Wildman–Crippen MR) is 42.6 cm³/mol. The van der Waals surface area contributed by atoms with Gasteiger partial charge < -0.3 is 9.94 Å². The maximum Gasteiger partial charge on any atom is 0.157 e. The summed E-state index contributed by atoms with van der Waals surface area (Å²) in [5, 5.41) is 11.8. The van der Waals surface area contributed by atoms with Gasteiger partial charge in [0.05, 0.1) is 12.8 Å². The fraction of sp³-hybridized carbons (Fsp3) is 0.125. The van der Waals surface area contributed by atoms with Crippen LogP contribution >= 0.6 is 0 Å². The summed E-state index contributed by atoms with van der Waals surface area (Å²) < 4.78 is 0. The Labute approximate surface area is 64.9 Å². The molecule has 3 nitrogen and oxygen atoms in total. The van der Waals surface area contributed by atoms with E-state index in [4.69, 9.17) is 9.94 Å². The van der Waals surface area contributed by atoms with Crippen LogP contribution in [-0.2, 0) is 0 Å². The van der Waals surface area contributed by atoms with Gasteiger partial charge in [-0.2, -0.15) is 0 Å². The molecular formula is C8H9NO2. The van der Waals surface area contributed by atoms with E-state index in [-0.39, 0.29) is 6.61 Å². The number of hydrogen-bond acceptors (Lipinski definition) is 3. The molecule has 0 aliphatic carbocycles. The molecule has 0 aromatic heterocycles. The largest absolute Gasteiger partial charge is 0.391 e. The zero-order chi connectivity index (χ0) is 7.94. The van der Waals surface area contributed by atoms with Crippen molar-refractivity contribution in [2.75, 3.05) is 6.61 Å². The minimum atomic E-state index is -0.104. The van der Waals surface area contributed by atoms with Crippen molar-refractivity contribution >= 4 is 6.21 Å². The molecule has 0 bridgehead atoms. The van der Waals surface area contributed by atoms with Gasteiger partial charge in [-0.15, -0.1) is 0 Å². The van der Waals surface area contributed by atoms with Crippen molar-refractivity contribution in [3.05, 3.63) is 30.3 Å². The molecule has 1 N–H and O–H groups in total. The van der Waals surface area contributed by atoms with Crippen molar-refractivity contribution in [2.24, 2.45) is 5.16 Å². The Kier molecular flexibility index (Phi) is 3.15. The maximum atomic E-state index is 8.31. The third-order valence-corrected chi connectivity index (χ3v) is 1.06. The van der Waals surface area contributed by atoms with Crippen LogP contribution in [0, 0.1) is 0 Å². The Morgan fingerprint density at radius 1 is 1.36 bits per heavy atom. The predicted octanol–water partition coefficient (Wildman–Crippen LogP) is 1.04.